The summed E-state index contributed by atoms with van der Waals surface area (Å²) in [4.78, 5) is 28.3. The fourth-order valence-electron chi connectivity index (χ4n) is 2.56. The van der Waals surface area contributed by atoms with Gasteiger partial charge in [0, 0.05) is 12.8 Å². The lowest BCUT2D eigenvalue weighted by Gasteiger charge is -2.16. The molecule has 0 aliphatic heterocycles. The van der Waals surface area contributed by atoms with Crippen molar-refractivity contribution in [1.82, 2.24) is 5.32 Å². The highest BCUT2D eigenvalue weighted by atomic mass is 16.6. The molecule has 0 heterocycles. The molecular weight excluding hydrogens is 356 g/mol. The average Bonchev–Trinajstić information content (AvgIpc) is 2.74. The number of alkyl carbamates (subject to hydrolysis) is 1. The minimum absolute atomic E-state index is 0.148. The van der Waals surface area contributed by atoms with Gasteiger partial charge in [-0.15, -0.1) is 0 Å². The number of carbonyl (C=O) groups excluding carboxylic acids is 2. The predicted molar refractivity (Wildman–Crippen MR) is 108 cm³/mol. The second-order valence-electron chi connectivity index (χ2n) is 6.22. The molecule has 1 amide bonds. The molecule has 0 saturated carbocycles. The Morgan fingerprint density at radius 1 is 1.04 bits per heavy atom. The Bertz CT molecular complexity index is 748. The molecule has 0 fully saturated rings. The number of methoxy groups -OCH3 is 1. The number of unbranched alkanes of at least 4 members (excludes halogenated alkanes) is 1. The second-order valence-corrected chi connectivity index (χ2v) is 6.22. The number of carbonyl (C=O) groups is 2. The molecule has 1 unspecified atom stereocenters. The predicted octanol–water partition coefficient (Wildman–Crippen LogP) is 3.74. The van der Waals surface area contributed by atoms with Gasteiger partial charge in [0.2, 0.25) is 0 Å². The van der Waals surface area contributed by atoms with Crippen molar-refractivity contribution in [3.05, 3.63) is 71.8 Å². The van der Waals surface area contributed by atoms with Crippen molar-refractivity contribution in [3.63, 3.8) is 0 Å². The van der Waals surface area contributed by atoms with Crippen LogP contribution in [0, 0.1) is 0 Å². The Labute approximate surface area is 165 Å². The van der Waals surface area contributed by atoms with Gasteiger partial charge in [-0.2, -0.15) is 0 Å². The maximum absolute atomic E-state index is 12.0. The third-order valence-corrected chi connectivity index (χ3v) is 4.06. The number of nitrogens with zero attached hydrogens (tertiary/aromatic N) is 1. The summed E-state index contributed by atoms with van der Waals surface area (Å²) in [5.74, 6) is -0.482. The lowest BCUT2D eigenvalue weighted by molar-refractivity contribution is -0.143. The van der Waals surface area contributed by atoms with Crippen molar-refractivity contribution < 1.29 is 19.1 Å². The summed E-state index contributed by atoms with van der Waals surface area (Å²) < 4.78 is 9.94. The van der Waals surface area contributed by atoms with Crippen LogP contribution in [0.3, 0.4) is 0 Å². The topological polar surface area (TPSA) is 77.0 Å². The summed E-state index contributed by atoms with van der Waals surface area (Å²) in [5.41, 5.74) is 1.93. The first-order chi connectivity index (χ1) is 13.7. The van der Waals surface area contributed by atoms with Gasteiger partial charge in [0.15, 0.2) is 0 Å². The van der Waals surface area contributed by atoms with Gasteiger partial charge >= 0.3 is 12.1 Å². The van der Waals surface area contributed by atoms with Crippen LogP contribution in [0.5, 0.6) is 0 Å². The fourth-order valence-corrected chi connectivity index (χ4v) is 2.56. The first-order valence-electron chi connectivity index (χ1n) is 9.29. The van der Waals surface area contributed by atoms with Crippen molar-refractivity contribution in [3.8, 4) is 0 Å². The van der Waals surface area contributed by atoms with E-state index in [-0.39, 0.29) is 6.61 Å². The zero-order chi connectivity index (χ0) is 20.0. The van der Waals surface area contributed by atoms with E-state index in [0.717, 1.165) is 24.0 Å². The summed E-state index contributed by atoms with van der Waals surface area (Å²) in [5, 5.41) is 2.58. The average molecular weight is 382 g/mol. The number of benzene rings is 2. The van der Waals surface area contributed by atoms with Crippen molar-refractivity contribution in [2.24, 2.45) is 4.99 Å². The van der Waals surface area contributed by atoms with Crippen LogP contribution in [0.25, 0.3) is 0 Å². The normalized spacial score (nSPS) is 11.8. The molecule has 0 aromatic heterocycles. The molecule has 6 heteroatoms. The summed E-state index contributed by atoms with van der Waals surface area (Å²) in [6.45, 7) is 0.802. The monoisotopic (exact) mass is 382 g/mol. The van der Waals surface area contributed by atoms with E-state index in [1.165, 1.54) is 7.11 Å². The number of amides is 1. The SMILES string of the molecule is COC(=O)C(CCCCN=Cc1ccccc1)NC(=O)OCc1ccccc1. The molecule has 2 aromatic rings. The van der Waals surface area contributed by atoms with E-state index >= 15 is 0 Å². The van der Waals surface area contributed by atoms with E-state index in [0.29, 0.717) is 13.0 Å². The minimum atomic E-state index is -0.730. The maximum atomic E-state index is 12.0. The van der Waals surface area contributed by atoms with Crippen molar-refractivity contribution in [2.75, 3.05) is 13.7 Å². The molecule has 0 aliphatic rings. The molecule has 2 aromatic carbocycles. The molecule has 6 nitrogen and oxygen atoms in total. The molecule has 0 aliphatic carbocycles. The molecule has 0 radical (unpaired) electrons. The first-order valence-corrected chi connectivity index (χ1v) is 9.29. The van der Waals surface area contributed by atoms with Crippen LogP contribution < -0.4 is 5.32 Å². The third kappa shape index (κ3) is 8.03. The summed E-state index contributed by atoms with van der Waals surface area (Å²) in [6, 6.07) is 18.5. The van der Waals surface area contributed by atoms with Crippen LogP contribution in [0.1, 0.15) is 30.4 Å². The number of rotatable bonds is 10. The summed E-state index contributed by atoms with van der Waals surface area (Å²) >= 11 is 0. The van der Waals surface area contributed by atoms with Crippen LogP contribution in [0.15, 0.2) is 65.7 Å². The van der Waals surface area contributed by atoms with Gasteiger partial charge in [0.1, 0.15) is 12.6 Å². The van der Waals surface area contributed by atoms with Crippen LogP contribution in [-0.2, 0) is 20.9 Å². The lowest BCUT2D eigenvalue weighted by Crippen LogP contribution is -2.41. The van der Waals surface area contributed by atoms with E-state index in [1.807, 2.05) is 66.9 Å². The van der Waals surface area contributed by atoms with Gasteiger partial charge < -0.3 is 14.8 Å². The standard InChI is InChI=1S/C22H26N2O4/c1-27-21(25)20(24-22(26)28-17-19-12-6-3-7-13-19)14-8-9-15-23-16-18-10-4-2-5-11-18/h2-7,10-13,16,20H,8-9,14-15,17H2,1H3,(H,24,26). The van der Waals surface area contributed by atoms with Gasteiger partial charge in [-0.25, -0.2) is 9.59 Å². The molecule has 148 valence electrons. The van der Waals surface area contributed by atoms with Gasteiger partial charge in [-0.1, -0.05) is 60.7 Å². The second kappa shape index (κ2) is 12.3. The van der Waals surface area contributed by atoms with E-state index in [2.05, 4.69) is 10.3 Å². The van der Waals surface area contributed by atoms with Crippen LogP contribution in [0.4, 0.5) is 4.79 Å². The highest BCUT2D eigenvalue weighted by Gasteiger charge is 2.21. The van der Waals surface area contributed by atoms with Gasteiger partial charge in [0.05, 0.1) is 7.11 Å². The zero-order valence-corrected chi connectivity index (χ0v) is 16.0. The van der Waals surface area contributed by atoms with Gasteiger partial charge in [-0.3, -0.25) is 4.99 Å². The Balaban J connectivity index is 1.71. The molecule has 28 heavy (non-hydrogen) atoms. The Kier molecular flexibility index (Phi) is 9.27. The van der Waals surface area contributed by atoms with Crippen molar-refractivity contribution >= 4 is 18.3 Å². The Morgan fingerprint density at radius 3 is 2.39 bits per heavy atom. The highest BCUT2D eigenvalue weighted by molar-refractivity contribution is 5.81. The molecule has 1 N–H and O–H groups in total. The summed E-state index contributed by atoms with van der Waals surface area (Å²) in [6.07, 6.45) is 3.19. The molecule has 0 spiro atoms. The largest absolute Gasteiger partial charge is 0.467 e. The molecule has 0 bridgehead atoms. The summed E-state index contributed by atoms with van der Waals surface area (Å²) in [7, 11) is 1.30. The van der Waals surface area contributed by atoms with Gasteiger partial charge in [0.25, 0.3) is 0 Å². The lowest BCUT2D eigenvalue weighted by atomic mass is 10.1. The Hall–Kier alpha value is -3.15. The number of hydrogen-bond donors (Lipinski definition) is 1. The Morgan fingerprint density at radius 2 is 1.71 bits per heavy atom. The first kappa shape index (κ1) is 21.2. The maximum Gasteiger partial charge on any atom is 0.408 e. The highest BCUT2D eigenvalue weighted by Crippen LogP contribution is 2.06. The molecule has 1 atom stereocenters. The molecular formula is C22H26N2O4. The van der Waals surface area contributed by atoms with E-state index in [9.17, 15) is 9.59 Å². The smallest absolute Gasteiger partial charge is 0.408 e. The minimum Gasteiger partial charge on any atom is -0.467 e. The van der Waals surface area contributed by atoms with Crippen molar-refractivity contribution in [2.45, 2.75) is 31.9 Å². The quantitative estimate of drug-likeness (QED) is 0.386. The number of aliphatic imine (C=N–C) groups is 1. The number of ether oxygens (including phenoxy) is 2. The number of nitrogens with one attached hydrogen (secondary N) is 1. The van der Waals surface area contributed by atoms with E-state index in [4.69, 9.17) is 9.47 Å². The van der Waals surface area contributed by atoms with Crippen LogP contribution >= 0.6 is 0 Å². The molecule has 0 saturated heterocycles. The van der Waals surface area contributed by atoms with Crippen LogP contribution in [0.2, 0.25) is 0 Å². The third-order valence-electron chi connectivity index (χ3n) is 4.06. The fraction of sp³-hybridized carbons (Fsp3) is 0.318. The number of hydrogen-bond acceptors (Lipinski definition) is 5. The number of esters is 1. The van der Waals surface area contributed by atoms with Crippen LogP contribution in [-0.4, -0.2) is 38.0 Å². The zero-order valence-electron chi connectivity index (χ0n) is 16.0. The van der Waals surface area contributed by atoms with E-state index < -0.39 is 18.1 Å². The molecule has 2 rings (SSSR count). The van der Waals surface area contributed by atoms with Gasteiger partial charge in [-0.05, 0) is 30.4 Å². The van der Waals surface area contributed by atoms with Crippen molar-refractivity contribution in [1.29, 1.82) is 0 Å². The van der Waals surface area contributed by atoms with E-state index in [1.54, 1.807) is 0 Å².